The van der Waals surface area contributed by atoms with Gasteiger partial charge >= 0.3 is 53.7 Å². The van der Waals surface area contributed by atoms with E-state index in [1.54, 1.807) is 0 Å². The molecule has 0 aromatic carbocycles. The summed E-state index contributed by atoms with van der Waals surface area (Å²) in [6.45, 7) is 7.13. The Morgan fingerprint density at radius 3 is 0.633 bits per heavy atom. The van der Waals surface area contributed by atoms with E-state index in [9.17, 15) is 43.2 Å². The number of esters is 9. The summed E-state index contributed by atoms with van der Waals surface area (Å²) in [6, 6.07) is 0. The van der Waals surface area contributed by atoms with Crippen molar-refractivity contribution in [3.63, 3.8) is 0 Å². The summed E-state index contributed by atoms with van der Waals surface area (Å²) < 4.78 is 86.5. The molecule has 0 radical (unpaired) electrons. The van der Waals surface area contributed by atoms with Crippen LogP contribution in [0.5, 0.6) is 0 Å². The van der Waals surface area contributed by atoms with Crippen LogP contribution in [0.2, 0.25) is 0 Å². The van der Waals surface area contributed by atoms with E-state index in [0.29, 0.717) is 0 Å². The monoisotopic (exact) mass is 864 g/mol. The Bertz CT molecular complexity index is 1350. The van der Waals surface area contributed by atoms with Gasteiger partial charge in [0.1, 0.15) is 18.3 Å². The second-order valence-electron chi connectivity index (χ2n) is 13.8. The van der Waals surface area contributed by atoms with Crippen molar-refractivity contribution in [1.82, 2.24) is 0 Å². The third-order valence-corrected chi connectivity index (χ3v) is 8.77. The maximum Gasteiger partial charge on any atom is 0.303 e. The number of hydrogen-bond donors (Lipinski definition) is 0. The Morgan fingerprint density at radius 1 is 0.283 bits per heavy atom. The van der Waals surface area contributed by atoms with Gasteiger partial charge in [-0.1, -0.05) is 0 Å². The van der Waals surface area contributed by atoms with Crippen molar-refractivity contribution >= 4 is 53.7 Å². The molecule has 4 fully saturated rings. The molecule has 0 amide bonds. The van der Waals surface area contributed by atoms with E-state index in [1.807, 2.05) is 0 Å². The van der Waals surface area contributed by atoms with Crippen LogP contribution >= 0.6 is 0 Å². The first-order valence-corrected chi connectivity index (χ1v) is 18.5. The molecule has 336 valence electrons. The van der Waals surface area contributed by atoms with E-state index in [1.165, 1.54) is 0 Å². The van der Waals surface area contributed by atoms with E-state index in [2.05, 4.69) is 0 Å². The van der Waals surface area contributed by atoms with E-state index >= 15 is 0 Å². The highest BCUT2D eigenvalue weighted by molar-refractivity contribution is 5.70. The standard InChI is InChI=1S/C36H48O24/c1-13(37)49-25-22-10-46-35-32(56-20(8)44)29(53-17(5)41)27(51-15(3)39)24(59-35)12-48-36-33(57-21(9)45)30(54-18(6)42)26(50-14(2)38)23(60-36)11-47-34(58-22)31(55-19(7)43)28(25)52-16(4)40/h22-36H,10-12H2,1-9H3/t22-,23-,24?,25-,26-,27-,28+,29+,30+,31-,32-,33-,34-,35?,36-/m1/s1. The van der Waals surface area contributed by atoms with Crippen LogP contribution in [0.25, 0.3) is 0 Å². The van der Waals surface area contributed by atoms with Crippen molar-refractivity contribution in [2.75, 3.05) is 19.8 Å². The Balaban J connectivity index is 1.95. The van der Waals surface area contributed by atoms with Crippen molar-refractivity contribution in [3.05, 3.63) is 0 Å². The molecule has 4 aliphatic rings. The molecule has 4 saturated heterocycles. The summed E-state index contributed by atoms with van der Waals surface area (Å²) in [5.74, 6) is -8.31. The zero-order chi connectivity index (χ0) is 44.6. The third kappa shape index (κ3) is 12.7. The molecule has 0 aromatic rings. The molecule has 4 heterocycles. The molecule has 0 aliphatic carbocycles. The quantitative estimate of drug-likeness (QED) is 0.190. The molecule has 0 saturated carbocycles. The summed E-state index contributed by atoms with van der Waals surface area (Å²) >= 11 is 0. The Labute approximate surface area is 342 Å². The van der Waals surface area contributed by atoms with Crippen molar-refractivity contribution in [1.29, 1.82) is 0 Å². The van der Waals surface area contributed by atoms with Crippen LogP contribution in [0.15, 0.2) is 0 Å². The Hall–Kier alpha value is -5.01. The molecule has 6 bridgehead atoms. The minimum absolute atomic E-state index is 0.689. The van der Waals surface area contributed by atoms with Gasteiger partial charge in [-0.25, -0.2) is 0 Å². The Kier molecular flexibility index (Phi) is 16.7. The van der Waals surface area contributed by atoms with Gasteiger partial charge in [-0.05, 0) is 0 Å². The van der Waals surface area contributed by atoms with Crippen molar-refractivity contribution in [2.24, 2.45) is 0 Å². The average Bonchev–Trinajstić information content (AvgIpc) is 3.10. The van der Waals surface area contributed by atoms with Crippen LogP contribution in [0.1, 0.15) is 62.3 Å². The van der Waals surface area contributed by atoms with Gasteiger partial charge in [-0.2, -0.15) is 0 Å². The molecule has 24 heteroatoms. The second-order valence-corrected chi connectivity index (χ2v) is 13.8. The lowest BCUT2D eigenvalue weighted by molar-refractivity contribution is -0.335. The molecule has 15 atom stereocenters. The van der Waals surface area contributed by atoms with Crippen LogP contribution < -0.4 is 0 Å². The van der Waals surface area contributed by atoms with Gasteiger partial charge in [-0.15, -0.1) is 0 Å². The zero-order valence-corrected chi connectivity index (χ0v) is 34.1. The van der Waals surface area contributed by atoms with Crippen LogP contribution in [0.3, 0.4) is 0 Å². The van der Waals surface area contributed by atoms with E-state index in [4.69, 9.17) is 71.1 Å². The molecule has 0 N–H and O–H groups in total. The second kappa shape index (κ2) is 21.0. The highest BCUT2D eigenvalue weighted by atomic mass is 16.8. The number of ether oxygens (including phenoxy) is 15. The molecule has 0 spiro atoms. The predicted octanol–water partition coefficient (Wildman–Crippen LogP) is -1.39. The van der Waals surface area contributed by atoms with Gasteiger partial charge in [0, 0.05) is 62.3 Å². The first kappa shape index (κ1) is 47.7. The van der Waals surface area contributed by atoms with Gasteiger partial charge in [0.2, 0.25) is 0 Å². The van der Waals surface area contributed by atoms with Crippen LogP contribution in [0, 0.1) is 0 Å². The molecular formula is C36H48O24. The summed E-state index contributed by atoms with van der Waals surface area (Å²) in [7, 11) is 0. The highest BCUT2D eigenvalue weighted by Gasteiger charge is 2.58. The van der Waals surface area contributed by atoms with Crippen LogP contribution in [0.4, 0.5) is 0 Å². The minimum atomic E-state index is -1.76. The topological polar surface area (TPSA) is 292 Å². The molecule has 0 aromatic heterocycles. The van der Waals surface area contributed by atoms with E-state index in [0.717, 1.165) is 62.3 Å². The number of carbonyl (C=O) groups is 9. The molecule has 24 nitrogen and oxygen atoms in total. The Morgan fingerprint density at radius 2 is 0.450 bits per heavy atom. The van der Waals surface area contributed by atoms with Gasteiger partial charge in [0.25, 0.3) is 0 Å². The van der Waals surface area contributed by atoms with Crippen LogP contribution in [-0.4, -0.2) is 166 Å². The van der Waals surface area contributed by atoms with Crippen molar-refractivity contribution in [2.45, 2.75) is 154 Å². The maximum absolute atomic E-state index is 12.5. The van der Waals surface area contributed by atoms with Crippen LogP contribution in [-0.2, 0) is 114 Å². The third-order valence-electron chi connectivity index (χ3n) is 8.77. The highest BCUT2D eigenvalue weighted by Crippen LogP contribution is 2.36. The summed E-state index contributed by atoms with van der Waals surface area (Å²) in [5, 5.41) is 0. The largest absolute Gasteiger partial charge is 0.456 e. The van der Waals surface area contributed by atoms with E-state index in [-0.39, 0.29) is 0 Å². The normalized spacial score (nSPS) is 35.2. The fourth-order valence-corrected chi connectivity index (χ4v) is 6.94. The zero-order valence-electron chi connectivity index (χ0n) is 34.1. The van der Waals surface area contributed by atoms with E-state index < -0.39 is 166 Å². The first-order chi connectivity index (χ1) is 28.1. The lowest BCUT2D eigenvalue weighted by Gasteiger charge is -2.46. The summed E-state index contributed by atoms with van der Waals surface area (Å²) in [4.78, 5) is 112. The molecular weight excluding hydrogens is 816 g/mol. The fraction of sp³-hybridized carbons (Fsp3) is 0.750. The molecule has 4 aliphatic heterocycles. The predicted molar refractivity (Wildman–Crippen MR) is 184 cm³/mol. The molecule has 60 heavy (non-hydrogen) atoms. The molecule has 4 rings (SSSR count). The number of rotatable bonds is 9. The maximum atomic E-state index is 12.5. The lowest BCUT2D eigenvalue weighted by Crippen LogP contribution is -2.65. The minimum Gasteiger partial charge on any atom is -0.456 e. The smallest absolute Gasteiger partial charge is 0.303 e. The lowest BCUT2D eigenvalue weighted by atomic mass is 9.97. The van der Waals surface area contributed by atoms with Crippen molar-refractivity contribution in [3.8, 4) is 0 Å². The first-order valence-electron chi connectivity index (χ1n) is 18.5. The summed E-state index contributed by atoms with van der Waals surface area (Å²) in [5.41, 5.74) is 0. The number of fused-ring (bicyclic) bond motifs is 6. The SMILES string of the molecule is CC(=O)O[C@@H]1[C@@H](OC(C)=O)[C@@H]2OC[C@H]3O[C@@H](OCC4OC(OC[C@@H](O2)[C@H]1OC(C)=O)[C@H](OC(C)=O)[C@@H](OC(C)=O)[C@@H]4OC(C)=O)[C@H](OC(C)=O)[C@@H](OC(C)=O)[C@@H]3OC(C)=O. The van der Waals surface area contributed by atoms with Gasteiger partial charge in [0.05, 0.1) is 19.8 Å². The van der Waals surface area contributed by atoms with Crippen molar-refractivity contribution < 1.29 is 114 Å². The number of hydrogen-bond acceptors (Lipinski definition) is 24. The summed E-state index contributed by atoms with van der Waals surface area (Å²) in [6.07, 6.45) is -24.7. The van der Waals surface area contributed by atoms with Gasteiger partial charge < -0.3 is 71.1 Å². The molecule has 2 unspecified atom stereocenters. The van der Waals surface area contributed by atoms with Gasteiger partial charge in [0.15, 0.2) is 73.8 Å². The average molecular weight is 865 g/mol. The number of carbonyl (C=O) groups excluding carboxylic acids is 9. The fourth-order valence-electron chi connectivity index (χ4n) is 6.94. The van der Waals surface area contributed by atoms with Gasteiger partial charge in [-0.3, -0.25) is 43.2 Å².